The third-order valence-corrected chi connectivity index (χ3v) is 5.61. The minimum atomic E-state index is -0.576. The average molecular weight is 471 g/mol. The molecule has 4 rings (SSSR count). The van der Waals surface area contributed by atoms with E-state index in [9.17, 15) is 9.59 Å². The normalized spacial score (nSPS) is 18.3. The molecule has 2 aromatic carbocycles. The molecule has 2 saturated heterocycles. The highest BCUT2D eigenvalue weighted by Crippen LogP contribution is 2.32. The van der Waals surface area contributed by atoms with Gasteiger partial charge in [0, 0.05) is 18.1 Å². The van der Waals surface area contributed by atoms with Crippen molar-refractivity contribution >= 4 is 23.9 Å². The highest BCUT2D eigenvalue weighted by Gasteiger charge is 2.32. The zero-order chi connectivity index (χ0) is 24.1. The Hall–Kier alpha value is -3.66. The number of carbonyl (C=O) groups excluding carboxylic acids is 2. The van der Waals surface area contributed by atoms with E-state index in [4.69, 9.17) is 14.2 Å². The van der Waals surface area contributed by atoms with Crippen molar-refractivity contribution in [3.8, 4) is 16.9 Å². The molecule has 2 aliphatic rings. The minimum absolute atomic E-state index is 0.207. The Bertz CT molecular complexity index is 1090. The molecule has 0 aromatic heterocycles. The summed E-state index contributed by atoms with van der Waals surface area (Å²) in [4.78, 5) is 24.7. The summed E-state index contributed by atoms with van der Waals surface area (Å²) >= 11 is 0. The lowest BCUT2D eigenvalue weighted by molar-refractivity contribution is -0.119. The summed E-state index contributed by atoms with van der Waals surface area (Å²) in [6.45, 7) is 4.57. The second kappa shape index (κ2) is 10.5. The van der Waals surface area contributed by atoms with Gasteiger partial charge in [0.2, 0.25) is 5.91 Å². The first kappa shape index (κ1) is 23.5. The highest BCUT2D eigenvalue weighted by molar-refractivity contribution is 5.90. The second-order valence-corrected chi connectivity index (χ2v) is 7.98. The van der Waals surface area contributed by atoms with Gasteiger partial charge >= 0.3 is 6.09 Å². The molecule has 2 aromatic rings. The third-order valence-electron chi connectivity index (χ3n) is 5.61. The second-order valence-electron chi connectivity index (χ2n) is 7.98. The molecule has 9 nitrogen and oxygen atoms in total. The van der Waals surface area contributed by atoms with Crippen LogP contribution in [0.3, 0.4) is 0 Å². The van der Waals surface area contributed by atoms with Crippen LogP contribution in [0.25, 0.3) is 11.1 Å². The molecule has 2 fully saturated rings. The van der Waals surface area contributed by atoms with Crippen molar-refractivity contribution in [2.75, 3.05) is 51.4 Å². The summed E-state index contributed by atoms with van der Waals surface area (Å²) in [6.07, 6.45) is 0.659. The lowest BCUT2D eigenvalue weighted by Crippen LogP contribution is -2.33. The summed E-state index contributed by atoms with van der Waals surface area (Å²) < 4.78 is 31.2. The smallest absolute Gasteiger partial charge is 0.414 e. The Morgan fingerprint density at radius 3 is 2.76 bits per heavy atom. The van der Waals surface area contributed by atoms with Crippen molar-refractivity contribution in [1.29, 1.82) is 0 Å². The van der Waals surface area contributed by atoms with Gasteiger partial charge in [-0.15, -0.1) is 0 Å². The molecule has 0 saturated carbocycles. The van der Waals surface area contributed by atoms with Crippen LogP contribution in [0.1, 0.15) is 12.5 Å². The Balaban J connectivity index is 1.49. The van der Waals surface area contributed by atoms with E-state index < -0.39 is 18.0 Å². The summed E-state index contributed by atoms with van der Waals surface area (Å²) in [5.74, 6) is -0.118. The van der Waals surface area contributed by atoms with E-state index >= 15 is 4.39 Å². The Kier molecular flexibility index (Phi) is 7.27. The summed E-state index contributed by atoms with van der Waals surface area (Å²) in [6, 6.07) is 9.98. The van der Waals surface area contributed by atoms with E-state index in [0.717, 1.165) is 18.7 Å². The number of hydrogen-bond donors (Lipinski definition) is 1. The van der Waals surface area contributed by atoms with E-state index in [-0.39, 0.29) is 19.0 Å². The fourth-order valence-corrected chi connectivity index (χ4v) is 3.80. The number of nitrogens with zero attached hydrogens (tertiary/aromatic N) is 3. The first-order chi connectivity index (χ1) is 16.4. The lowest BCUT2D eigenvalue weighted by Gasteiger charge is -2.23. The number of anilines is 1. The van der Waals surface area contributed by atoms with Crippen LogP contribution in [-0.2, 0) is 14.3 Å². The number of hydrogen-bond acceptors (Lipinski definition) is 7. The molecule has 0 radical (unpaired) electrons. The summed E-state index contributed by atoms with van der Waals surface area (Å²) in [5.41, 5.74) is 2.18. The number of halogens is 1. The molecular weight excluding hydrogens is 443 g/mol. The van der Waals surface area contributed by atoms with Crippen LogP contribution < -0.4 is 15.0 Å². The standard InChI is InChI=1S/C24H27FN4O5/c1-16(30)26-14-20-15-29(24(31)34-20)19-5-6-21(22(25)12-19)17-3-4-18(23(11-17)32-2)13-27-28-7-9-33-10-8-28/h3-6,11-13,20H,7-10,14-15H2,1-2H3,(H,26,30)/b27-13+/t20-/m0/s1. The largest absolute Gasteiger partial charge is 0.496 e. The van der Waals surface area contributed by atoms with Crippen molar-refractivity contribution in [3.63, 3.8) is 0 Å². The van der Waals surface area contributed by atoms with Crippen LogP contribution in [0.15, 0.2) is 41.5 Å². The number of morpholine rings is 1. The van der Waals surface area contributed by atoms with Crippen LogP contribution in [0.2, 0.25) is 0 Å². The first-order valence-corrected chi connectivity index (χ1v) is 11.0. The monoisotopic (exact) mass is 470 g/mol. The van der Waals surface area contributed by atoms with Crippen LogP contribution in [0.4, 0.5) is 14.9 Å². The van der Waals surface area contributed by atoms with Crippen molar-refractivity contribution in [1.82, 2.24) is 10.3 Å². The molecule has 2 heterocycles. The fraction of sp³-hybridized carbons (Fsp3) is 0.375. The van der Waals surface area contributed by atoms with Gasteiger partial charge in [0.05, 0.1) is 58.4 Å². The van der Waals surface area contributed by atoms with Gasteiger partial charge in [-0.2, -0.15) is 5.10 Å². The van der Waals surface area contributed by atoms with Gasteiger partial charge in [-0.25, -0.2) is 9.18 Å². The van der Waals surface area contributed by atoms with Gasteiger partial charge in [0.15, 0.2) is 0 Å². The Morgan fingerprint density at radius 1 is 1.26 bits per heavy atom. The van der Waals surface area contributed by atoms with Gasteiger partial charge in [-0.05, 0) is 35.9 Å². The van der Waals surface area contributed by atoms with Gasteiger partial charge < -0.3 is 19.5 Å². The molecule has 0 aliphatic carbocycles. The lowest BCUT2D eigenvalue weighted by atomic mass is 10.0. The van der Waals surface area contributed by atoms with Crippen molar-refractivity contribution in [2.45, 2.75) is 13.0 Å². The van der Waals surface area contributed by atoms with Crippen molar-refractivity contribution in [2.24, 2.45) is 5.10 Å². The number of rotatable bonds is 7. The van der Waals surface area contributed by atoms with Crippen LogP contribution >= 0.6 is 0 Å². The third kappa shape index (κ3) is 5.45. The van der Waals surface area contributed by atoms with Gasteiger partial charge in [0.1, 0.15) is 17.7 Å². The van der Waals surface area contributed by atoms with E-state index in [1.807, 2.05) is 11.1 Å². The van der Waals surface area contributed by atoms with E-state index in [1.165, 1.54) is 17.9 Å². The van der Waals surface area contributed by atoms with Gasteiger partial charge in [-0.3, -0.25) is 14.7 Å². The molecule has 2 aliphatic heterocycles. The topological polar surface area (TPSA) is 92.7 Å². The molecule has 0 bridgehead atoms. The minimum Gasteiger partial charge on any atom is -0.496 e. The number of methoxy groups -OCH3 is 1. The molecule has 0 spiro atoms. The number of carbonyl (C=O) groups is 2. The average Bonchev–Trinajstić information content (AvgIpc) is 3.22. The van der Waals surface area contributed by atoms with E-state index in [0.29, 0.717) is 35.8 Å². The van der Waals surface area contributed by atoms with Crippen LogP contribution in [0, 0.1) is 5.82 Å². The maximum absolute atomic E-state index is 15.1. The maximum Gasteiger partial charge on any atom is 0.414 e. The molecule has 1 atom stereocenters. The predicted octanol–water partition coefficient (Wildman–Crippen LogP) is 2.63. The van der Waals surface area contributed by atoms with E-state index in [2.05, 4.69) is 10.4 Å². The number of amides is 2. The number of ether oxygens (including phenoxy) is 3. The zero-order valence-electron chi connectivity index (χ0n) is 19.1. The zero-order valence-corrected chi connectivity index (χ0v) is 19.1. The number of nitrogens with one attached hydrogen (secondary N) is 1. The number of benzene rings is 2. The molecule has 0 unspecified atom stereocenters. The first-order valence-electron chi connectivity index (χ1n) is 11.0. The van der Waals surface area contributed by atoms with Crippen LogP contribution in [0.5, 0.6) is 5.75 Å². The van der Waals surface area contributed by atoms with Gasteiger partial charge in [0.25, 0.3) is 0 Å². The Morgan fingerprint density at radius 2 is 2.06 bits per heavy atom. The molecule has 1 N–H and O–H groups in total. The molecular formula is C24H27FN4O5. The fourth-order valence-electron chi connectivity index (χ4n) is 3.80. The van der Waals surface area contributed by atoms with Crippen molar-refractivity contribution in [3.05, 3.63) is 47.8 Å². The molecule has 34 heavy (non-hydrogen) atoms. The maximum atomic E-state index is 15.1. The summed E-state index contributed by atoms with van der Waals surface area (Å²) in [5, 5.41) is 9.02. The highest BCUT2D eigenvalue weighted by atomic mass is 19.1. The molecule has 2 amide bonds. The molecule has 180 valence electrons. The summed E-state index contributed by atoms with van der Waals surface area (Å²) in [7, 11) is 1.56. The van der Waals surface area contributed by atoms with Gasteiger partial charge in [-0.1, -0.05) is 6.07 Å². The molecule has 10 heteroatoms. The predicted molar refractivity (Wildman–Crippen MR) is 125 cm³/mol. The van der Waals surface area contributed by atoms with Crippen molar-refractivity contribution < 1.29 is 28.2 Å². The van der Waals surface area contributed by atoms with Crippen LogP contribution in [-0.4, -0.2) is 75.8 Å². The Labute approximate surface area is 197 Å². The number of cyclic esters (lactones) is 1. The quantitative estimate of drug-likeness (QED) is 0.626. The number of hydrazone groups is 1. The van der Waals surface area contributed by atoms with E-state index in [1.54, 1.807) is 37.6 Å². The SMILES string of the molecule is COc1cc(-c2ccc(N3C[C@H](CNC(C)=O)OC3=O)cc2F)ccc1/C=N/N1CCOCC1.